The van der Waals surface area contributed by atoms with Crippen molar-refractivity contribution in [2.75, 3.05) is 13.1 Å². The van der Waals surface area contributed by atoms with Crippen molar-refractivity contribution in [3.8, 4) is 5.75 Å². The Morgan fingerprint density at radius 1 is 1.10 bits per heavy atom. The summed E-state index contributed by atoms with van der Waals surface area (Å²) in [5, 5.41) is 15.9. The number of carbonyl (C=O) groups is 2. The van der Waals surface area contributed by atoms with Crippen molar-refractivity contribution < 1.29 is 19.4 Å². The zero-order chi connectivity index (χ0) is 26.5. The first-order chi connectivity index (χ1) is 18.9. The van der Waals surface area contributed by atoms with Gasteiger partial charge in [-0.25, -0.2) is 0 Å². The van der Waals surface area contributed by atoms with Gasteiger partial charge < -0.3 is 20.9 Å². The summed E-state index contributed by atoms with van der Waals surface area (Å²) in [6.07, 6.45) is 7.80. The topological polar surface area (TPSA) is 131 Å². The molecule has 4 N–H and O–H groups in total. The molecule has 3 aromatic rings. The quantitative estimate of drug-likeness (QED) is 0.465. The molecule has 1 spiro atoms. The Balaban J connectivity index is 1.20. The number of aromatic nitrogens is 2. The molecule has 2 bridgehead atoms. The Labute approximate surface area is 225 Å². The summed E-state index contributed by atoms with van der Waals surface area (Å²) in [6, 6.07) is 8.69. The number of hydrogen-bond acceptors (Lipinski definition) is 7. The highest BCUT2D eigenvalue weighted by molar-refractivity contribution is 5.98. The fraction of sp³-hybridized carbons (Fsp3) is 0.467. The van der Waals surface area contributed by atoms with Crippen molar-refractivity contribution in [3.63, 3.8) is 0 Å². The summed E-state index contributed by atoms with van der Waals surface area (Å²) in [5.41, 5.74) is 8.34. The van der Waals surface area contributed by atoms with E-state index >= 15 is 0 Å². The molecule has 2 saturated carbocycles. The van der Waals surface area contributed by atoms with Crippen LogP contribution in [0.5, 0.6) is 5.75 Å². The lowest BCUT2D eigenvalue weighted by atomic mass is 9.48. The fourth-order valence-corrected chi connectivity index (χ4v) is 8.19. The van der Waals surface area contributed by atoms with E-state index in [1.165, 1.54) is 12.8 Å². The third-order valence-corrected chi connectivity index (χ3v) is 10.1. The lowest BCUT2D eigenvalue weighted by Crippen LogP contribution is -2.78. The van der Waals surface area contributed by atoms with Crippen LogP contribution in [0.4, 0.5) is 0 Å². The number of rotatable bonds is 5. The summed E-state index contributed by atoms with van der Waals surface area (Å²) in [6.45, 7) is 1.87. The monoisotopic (exact) mass is 525 g/mol. The molecule has 200 valence electrons. The summed E-state index contributed by atoms with van der Waals surface area (Å²) in [4.78, 5) is 37.1. The predicted octanol–water partition coefficient (Wildman–Crippen LogP) is 2.09. The van der Waals surface area contributed by atoms with E-state index in [1.807, 2.05) is 6.07 Å². The molecule has 9 heteroatoms. The van der Waals surface area contributed by atoms with E-state index in [2.05, 4.69) is 20.2 Å². The van der Waals surface area contributed by atoms with Crippen LogP contribution in [0, 0.1) is 5.92 Å². The molecule has 2 aromatic carbocycles. The van der Waals surface area contributed by atoms with Gasteiger partial charge in [-0.3, -0.25) is 24.5 Å². The highest BCUT2D eigenvalue weighted by Crippen LogP contribution is 2.64. The van der Waals surface area contributed by atoms with Gasteiger partial charge in [0, 0.05) is 36.1 Å². The largest absolute Gasteiger partial charge is 0.486 e. The van der Waals surface area contributed by atoms with Gasteiger partial charge in [0.05, 0.1) is 33.7 Å². The maximum absolute atomic E-state index is 13.5. The average Bonchev–Trinajstić information content (AvgIpc) is 3.68. The van der Waals surface area contributed by atoms with Crippen LogP contribution in [-0.4, -0.2) is 68.7 Å². The maximum atomic E-state index is 13.5. The van der Waals surface area contributed by atoms with Gasteiger partial charge in [0.2, 0.25) is 0 Å². The third-order valence-electron chi connectivity index (χ3n) is 10.1. The zero-order valence-electron chi connectivity index (χ0n) is 21.6. The van der Waals surface area contributed by atoms with E-state index in [1.54, 1.807) is 36.7 Å². The van der Waals surface area contributed by atoms with Crippen molar-refractivity contribution in [1.29, 1.82) is 0 Å². The number of likely N-dealkylation sites (tertiary alicyclic amines) is 1. The molecule has 3 aliphatic carbocycles. The minimum atomic E-state index is -1.01. The number of fused-ring (bicyclic) bond motifs is 1. The SMILES string of the molecule is NC(=O)c1ccc2c3c1O[C@H]1[C@H](NC(=O)c4ccc5nccnc5c4)CC[C@@]4(O)[C@@H](C2)N(CC2CC2)CC[C@]314. The van der Waals surface area contributed by atoms with E-state index in [4.69, 9.17) is 10.5 Å². The number of nitrogens with zero attached hydrogens (tertiary/aromatic N) is 3. The molecule has 3 heterocycles. The van der Waals surface area contributed by atoms with Gasteiger partial charge in [-0.05, 0) is 80.8 Å². The average molecular weight is 526 g/mol. The molecule has 1 aromatic heterocycles. The van der Waals surface area contributed by atoms with Crippen LogP contribution in [0.1, 0.15) is 63.9 Å². The van der Waals surface area contributed by atoms with Gasteiger partial charge in [-0.1, -0.05) is 6.07 Å². The molecular formula is C30H31N5O4. The molecule has 2 aliphatic heterocycles. The zero-order valence-corrected chi connectivity index (χ0v) is 21.6. The number of aliphatic hydroxyl groups is 1. The van der Waals surface area contributed by atoms with Crippen LogP contribution in [0.15, 0.2) is 42.7 Å². The van der Waals surface area contributed by atoms with Crippen LogP contribution >= 0.6 is 0 Å². The Morgan fingerprint density at radius 3 is 2.72 bits per heavy atom. The van der Waals surface area contributed by atoms with Crippen molar-refractivity contribution in [2.45, 2.75) is 67.7 Å². The lowest BCUT2D eigenvalue weighted by molar-refractivity contribution is -0.191. The van der Waals surface area contributed by atoms with Crippen molar-refractivity contribution in [2.24, 2.45) is 11.7 Å². The summed E-state index contributed by atoms with van der Waals surface area (Å²) >= 11 is 0. The first-order valence-corrected chi connectivity index (χ1v) is 14.0. The van der Waals surface area contributed by atoms with Crippen LogP contribution in [0.2, 0.25) is 0 Å². The van der Waals surface area contributed by atoms with Gasteiger partial charge in [0.15, 0.2) is 0 Å². The highest BCUT2D eigenvalue weighted by atomic mass is 16.5. The maximum Gasteiger partial charge on any atom is 0.252 e. The first kappa shape index (κ1) is 23.3. The summed E-state index contributed by atoms with van der Waals surface area (Å²) in [7, 11) is 0. The van der Waals surface area contributed by atoms with E-state index in [0.29, 0.717) is 41.7 Å². The molecule has 5 aliphatic rings. The number of amides is 2. The van der Waals surface area contributed by atoms with Crippen LogP contribution < -0.4 is 15.8 Å². The van der Waals surface area contributed by atoms with E-state index in [0.717, 1.165) is 42.1 Å². The number of ether oxygens (including phenoxy) is 1. The van der Waals surface area contributed by atoms with Gasteiger partial charge in [-0.15, -0.1) is 0 Å². The Morgan fingerprint density at radius 2 is 1.92 bits per heavy atom. The van der Waals surface area contributed by atoms with E-state index in [-0.39, 0.29) is 18.0 Å². The molecule has 2 amide bonds. The van der Waals surface area contributed by atoms with Gasteiger partial charge in [0.25, 0.3) is 11.8 Å². The van der Waals surface area contributed by atoms with Crippen molar-refractivity contribution in [1.82, 2.24) is 20.2 Å². The highest BCUT2D eigenvalue weighted by Gasteiger charge is 2.73. The van der Waals surface area contributed by atoms with Crippen molar-refractivity contribution in [3.05, 3.63) is 65.0 Å². The molecule has 1 saturated heterocycles. The smallest absolute Gasteiger partial charge is 0.252 e. The Kier molecular flexibility index (Phi) is 4.78. The lowest BCUT2D eigenvalue weighted by Gasteiger charge is -2.64. The van der Waals surface area contributed by atoms with Crippen molar-refractivity contribution >= 4 is 22.8 Å². The molecule has 5 atom stereocenters. The van der Waals surface area contributed by atoms with E-state index < -0.39 is 23.0 Å². The number of benzene rings is 2. The van der Waals surface area contributed by atoms with Crippen LogP contribution in [-0.2, 0) is 11.8 Å². The third kappa shape index (κ3) is 3.14. The number of nitrogens with two attached hydrogens (primary N) is 1. The number of piperidine rings is 1. The van der Waals surface area contributed by atoms with Crippen LogP contribution in [0.3, 0.4) is 0 Å². The second kappa shape index (κ2) is 7.99. The molecule has 39 heavy (non-hydrogen) atoms. The molecule has 0 unspecified atom stereocenters. The van der Waals surface area contributed by atoms with E-state index in [9.17, 15) is 14.7 Å². The normalized spacial score (nSPS) is 32.4. The standard InChI is InChI=1S/C30H31N5O4/c31-27(36)19-5-3-17-14-23-30(38)8-7-21(34-28(37)18-4-6-20-22(13-18)33-11-10-32-20)26-29(30,24(17)25(19)39-26)9-12-35(23)15-16-1-2-16/h3-6,10-11,13,16,21,23,26,38H,1-2,7-9,12,14-15H2,(H2,31,36)(H,34,37)/t21-,23-,26+,29+,30-/m1/s1. The summed E-state index contributed by atoms with van der Waals surface area (Å²) in [5.74, 6) is 0.453. The van der Waals surface area contributed by atoms with Gasteiger partial charge >= 0.3 is 0 Å². The molecule has 3 fully saturated rings. The van der Waals surface area contributed by atoms with Crippen LogP contribution in [0.25, 0.3) is 11.0 Å². The minimum Gasteiger partial charge on any atom is -0.486 e. The second-order valence-corrected chi connectivity index (χ2v) is 12.1. The number of hydrogen-bond donors (Lipinski definition) is 3. The number of primary amides is 1. The Hall–Kier alpha value is -3.56. The molecule has 8 rings (SSSR count). The minimum absolute atomic E-state index is 0.0217. The van der Waals surface area contributed by atoms with Gasteiger partial charge in [-0.2, -0.15) is 0 Å². The Bertz CT molecular complexity index is 1560. The molecule has 9 nitrogen and oxygen atoms in total. The fourth-order valence-electron chi connectivity index (χ4n) is 8.19. The second-order valence-electron chi connectivity index (χ2n) is 12.1. The predicted molar refractivity (Wildman–Crippen MR) is 142 cm³/mol. The number of carbonyl (C=O) groups excluding carboxylic acids is 2. The molecule has 0 radical (unpaired) electrons. The van der Waals surface area contributed by atoms with Gasteiger partial charge in [0.1, 0.15) is 11.9 Å². The number of nitrogens with one attached hydrogen (secondary N) is 1. The molecular weight excluding hydrogens is 494 g/mol. The first-order valence-electron chi connectivity index (χ1n) is 14.0. The summed E-state index contributed by atoms with van der Waals surface area (Å²) < 4.78 is 6.67.